The van der Waals surface area contributed by atoms with Crippen molar-refractivity contribution in [1.82, 2.24) is 4.90 Å². The predicted molar refractivity (Wildman–Crippen MR) is 97.4 cm³/mol. The van der Waals surface area contributed by atoms with Crippen molar-refractivity contribution in [3.8, 4) is 0 Å². The molecule has 2 aromatic carbocycles. The number of anilines is 1. The van der Waals surface area contributed by atoms with Crippen LogP contribution in [0.1, 0.15) is 5.56 Å². The van der Waals surface area contributed by atoms with E-state index in [1.165, 1.54) is 23.2 Å². The molecule has 1 atom stereocenters. The van der Waals surface area contributed by atoms with Gasteiger partial charge in [0.25, 0.3) is 0 Å². The molecule has 25 heavy (non-hydrogen) atoms. The van der Waals surface area contributed by atoms with Crippen molar-refractivity contribution >= 4 is 22.3 Å². The van der Waals surface area contributed by atoms with E-state index < -0.39 is 16.6 Å². The monoisotopic (exact) mass is 359 g/mol. The molecule has 3 rings (SSSR count). The van der Waals surface area contributed by atoms with Crippen molar-refractivity contribution in [3.63, 3.8) is 0 Å². The standard InChI is InChI=1S/C17H18FN5OS/c1-22(2)16-13-8-3-4-9-14(13)23(20)17(21-16)15(19)25(24)12-7-5-6-11(18)10-12/h3-10H,19-20H2,1-2H3/b17-15+. The Bertz CT molecular complexity index is 909. The number of amidine groups is 1. The SMILES string of the molecule is CN(C)C1=N/C(=C(/N)S(=O)c2cccc(F)c2)N(N)c2ccccc21. The lowest BCUT2D eigenvalue weighted by Crippen LogP contribution is -2.39. The molecule has 0 aromatic heterocycles. The van der Waals surface area contributed by atoms with Crippen LogP contribution in [-0.2, 0) is 10.8 Å². The number of hydrogen-bond acceptors (Lipinski definition) is 6. The topological polar surface area (TPSA) is 88.0 Å². The van der Waals surface area contributed by atoms with E-state index in [-0.39, 0.29) is 15.7 Å². The first-order valence-corrected chi connectivity index (χ1v) is 8.62. The largest absolute Gasteiger partial charge is 0.388 e. The highest BCUT2D eigenvalue weighted by Crippen LogP contribution is 2.30. The third kappa shape index (κ3) is 3.13. The molecular formula is C17H18FN5OS. The summed E-state index contributed by atoms with van der Waals surface area (Å²) in [6, 6.07) is 12.9. The minimum absolute atomic E-state index is 0.0399. The summed E-state index contributed by atoms with van der Waals surface area (Å²) < 4.78 is 26.1. The molecule has 0 fully saturated rings. The maximum atomic E-state index is 13.4. The van der Waals surface area contributed by atoms with Gasteiger partial charge >= 0.3 is 0 Å². The Morgan fingerprint density at radius 3 is 2.60 bits per heavy atom. The molecule has 0 saturated heterocycles. The van der Waals surface area contributed by atoms with Crippen molar-refractivity contribution in [2.45, 2.75) is 4.90 Å². The second kappa shape index (κ2) is 6.66. The van der Waals surface area contributed by atoms with Crippen LogP contribution in [0.3, 0.4) is 0 Å². The van der Waals surface area contributed by atoms with Crippen molar-refractivity contribution in [2.24, 2.45) is 16.6 Å². The first-order chi connectivity index (χ1) is 11.9. The van der Waals surface area contributed by atoms with Crippen LogP contribution in [0.15, 0.2) is 69.3 Å². The minimum atomic E-state index is -1.79. The van der Waals surface area contributed by atoms with Crippen molar-refractivity contribution < 1.29 is 8.60 Å². The molecule has 0 saturated carbocycles. The lowest BCUT2D eigenvalue weighted by Gasteiger charge is -2.30. The Hall–Kier alpha value is -2.71. The molecule has 0 spiro atoms. The summed E-state index contributed by atoms with van der Waals surface area (Å²) in [5.74, 6) is 6.49. The smallest absolute Gasteiger partial charge is 0.182 e. The normalized spacial score (nSPS) is 16.8. The van der Waals surface area contributed by atoms with E-state index in [1.54, 1.807) is 6.07 Å². The van der Waals surface area contributed by atoms with Gasteiger partial charge in [0.1, 0.15) is 27.5 Å². The van der Waals surface area contributed by atoms with Crippen LogP contribution in [0.25, 0.3) is 0 Å². The summed E-state index contributed by atoms with van der Waals surface area (Å²) in [6.07, 6.45) is 0. The molecule has 0 aliphatic carbocycles. The summed E-state index contributed by atoms with van der Waals surface area (Å²) in [6.45, 7) is 0. The maximum Gasteiger partial charge on any atom is 0.182 e. The minimum Gasteiger partial charge on any atom is -0.388 e. The van der Waals surface area contributed by atoms with Gasteiger partial charge in [-0.2, -0.15) is 0 Å². The molecule has 6 nitrogen and oxygen atoms in total. The molecule has 0 bridgehead atoms. The zero-order valence-corrected chi connectivity index (χ0v) is 14.6. The van der Waals surface area contributed by atoms with Gasteiger partial charge in [0.15, 0.2) is 5.82 Å². The van der Waals surface area contributed by atoms with Crippen LogP contribution in [0.4, 0.5) is 10.1 Å². The van der Waals surface area contributed by atoms with Crippen LogP contribution in [0.2, 0.25) is 0 Å². The fourth-order valence-corrected chi connectivity index (χ4v) is 3.49. The highest BCUT2D eigenvalue weighted by atomic mass is 32.2. The Labute approximate surface area is 147 Å². The van der Waals surface area contributed by atoms with Gasteiger partial charge in [0.05, 0.1) is 5.69 Å². The fraction of sp³-hybridized carbons (Fsp3) is 0.118. The van der Waals surface area contributed by atoms with Crippen LogP contribution >= 0.6 is 0 Å². The van der Waals surface area contributed by atoms with Gasteiger partial charge in [-0.25, -0.2) is 19.4 Å². The number of hydrogen-bond donors (Lipinski definition) is 2. The molecule has 8 heteroatoms. The lowest BCUT2D eigenvalue weighted by atomic mass is 10.1. The highest BCUT2D eigenvalue weighted by molar-refractivity contribution is 7.89. The van der Waals surface area contributed by atoms with E-state index in [9.17, 15) is 8.60 Å². The van der Waals surface area contributed by atoms with Gasteiger partial charge in [-0.3, -0.25) is 5.01 Å². The molecule has 130 valence electrons. The van der Waals surface area contributed by atoms with E-state index in [4.69, 9.17) is 11.6 Å². The lowest BCUT2D eigenvalue weighted by molar-refractivity contribution is 0.618. The summed E-state index contributed by atoms with van der Waals surface area (Å²) in [7, 11) is 1.90. The van der Waals surface area contributed by atoms with Gasteiger partial charge in [-0.05, 0) is 30.3 Å². The second-order valence-corrected chi connectivity index (χ2v) is 7.08. The van der Waals surface area contributed by atoms with Gasteiger partial charge in [0.2, 0.25) is 0 Å². The van der Waals surface area contributed by atoms with E-state index in [0.29, 0.717) is 11.5 Å². The quantitative estimate of drug-likeness (QED) is 0.797. The molecule has 0 radical (unpaired) electrons. The Morgan fingerprint density at radius 1 is 1.20 bits per heavy atom. The zero-order chi connectivity index (χ0) is 18.1. The first-order valence-electron chi connectivity index (χ1n) is 7.47. The number of nitrogens with two attached hydrogens (primary N) is 2. The molecule has 1 aliphatic heterocycles. The fourth-order valence-electron chi connectivity index (χ4n) is 2.51. The van der Waals surface area contributed by atoms with Gasteiger partial charge in [-0.15, -0.1) is 0 Å². The zero-order valence-electron chi connectivity index (χ0n) is 13.8. The summed E-state index contributed by atoms with van der Waals surface area (Å²) in [5, 5.41) is 1.26. The molecule has 4 N–H and O–H groups in total. The van der Waals surface area contributed by atoms with Crippen molar-refractivity contribution in [1.29, 1.82) is 0 Å². The molecule has 2 aromatic rings. The summed E-state index contributed by atoms with van der Waals surface area (Å²) in [4.78, 5) is 6.56. The third-order valence-electron chi connectivity index (χ3n) is 3.70. The highest BCUT2D eigenvalue weighted by Gasteiger charge is 2.26. The number of fused-ring (bicyclic) bond motifs is 1. The second-order valence-electron chi connectivity index (χ2n) is 5.63. The van der Waals surface area contributed by atoms with Crippen LogP contribution in [0, 0.1) is 5.82 Å². The third-order valence-corrected chi connectivity index (χ3v) is 4.96. The predicted octanol–water partition coefficient (Wildman–Crippen LogP) is 1.72. The summed E-state index contributed by atoms with van der Waals surface area (Å²) in [5.41, 5.74) is 7.62. The number of aliphatic imine (C=N–C) groups is 1. The molecule has 0 amide bonds. The average molecular weight is 359 g/mol. The first kappa shape index (κ1) is 17.1. The Balaban J connectivity index is 2.13. The average Bonchev–Trinajstić information content (AvgIpc) is 2.61. The van der Waals surface area contributed by atoms with Crippen LogP contribution in [-0.4, -0.2) is 29.0 Å². The maximum absolute atomic E-state index is 13.4. The van der Waals surface area contributed by atoms with Gasteiger partial charge in [0, 0.05) is 24.6 Å². The Kier molecular flexibility index (Phi) is 4.56. The summed E-state index contributed by atoms with van der Waals surface area (Å²) >= 11 is 0. The van der Waals surface area contributed by atoms with Crippen molar-refractivity contribution in [3.05, 3.63) is 70.8 Å². The van der Waals surface area contributed by atoms with E-state index >= 15 is 0 Å². The number of rotatable bonds is 2. The number of para-hydroxylation sites is 1. The number of halogens is 1. The van der Waals surface area contributed by atoms with Crippen LogP contribution < -0.4 is 16.6 Å². The van der Waals surface area contributed by atoms with E-state index in [1.807, 2.05) is 43.3 Å². The molecule has 1 aliphatic rings. The number of benzene rings is 2. The van der Waals surface area contributed by atoms with Crippen LogP contribution in [0.5, 0.6) is 0 Å². The Morgan fingerprint density at radius 2 is 1.92 bits per heavy atom. The van der Waals surface area contributed by atoms with Gasteiger partial charge in [-0.1, -0.05) is 18.2 Å². The van der Waals surface area contributed by atoms with Crippen molar-refractivity contribution in [2.75, 3.05) is 19.1 Å². The van der Waals surface area contributed by atoms with Gasteiger partial charge < -0.3 is 10.6 Å². The number of hydrazine groups is 1. The van der Waals surface area contributed by atoms with E-state index in [0.717, 1.165) is 5.56 Å². The molecule has 1 heterocycles. The molecule has 1 unspecified atom stereocenters. The number of nitrogens with zero attached hydrogens (tertiary/aromatic N) is 3. The van der Waals surface area contributed by atoms with E-state index in [2.05, 4.69) is 4.99 Å². The molecular weight excluding hydrogens is 341 g/mol.